The third kappa shape index (κ3) is 31.3. The fraction of sp³-hybridized carbons (Fsp3) is 0.857. The largest absolute Gasteiger partial charge is 0.457 e. The number of hydrogen-bond acceptors (Lipinski definition) is 4. The van der Waals surface area contributed by atoms with Crippen LogP contribution in [-0.4, -0.2) is 37.0 Å². The molecule has 39 heavy (non-hydrogen) atoms. The van der Waals surface area contributed by atoms with Gasteiger partial charge in [0.1, 0.15) is 6.10 Å². The number of carbonyl (C=O) groups is 1. The molecule has 4 nitrogen and oxygen atoms in total. The summed E-state index contributed by atoms with van der Waals surface area (Å²) in [6.07, 6.45) is 37.8. The van der Waals surface area contributed by atoms with E-state index in [0.29, 0.717) is 19.6 Å². The van der Waals surface area contributed by atoms with Crippen LogP contribution in [0.5, 0.6) is 0 Å². The van der Waals surface area contributed by atoms with E-state index in [-0.39, 0.29) is 12.6 Å². The van der Waals surface area contributed by atoms with Gasteiger partial charge in [0.25, 0.3) is 0 Å². The van der Waals surface area contributed by atoms with Crippen molar-refractivity contribution < 1.29 is 19.4 Å². The Kier molecular flexibility index (Phi) is 32.1. The average Bonchev–Trinajstić information content (AvgIpc) is 2.94. The molecular formula is C35H66O4. The van der Waals surface area contributed by atoms with Crippen LogP contribution in [-0.2, 0) is 14.3 Å². The fourth-order valence-electron chi connectivity index (χ4n) is 4.71. The van der Waals surface area contributed by atoms with Crippen LogP contribution >= 0.6 is 0 Å². The van der Waals surface area contributed by atoms with Gasteiger partial charge < -0.3 is 14.6 Å². The lowest BCUT2D eigenvalue weighted by molar-refractivity contribution is -0.154. The van der Waals surface area contributed by atoms with Crippen molar-refractivity contribution in [3.05, 3.63) is 24.3 Å². The highest BCUT2D eigenvalue weighted by Crippen LogP contribution is 2.12. The van der Waals surface area contributed by atoms with Gasteiger partial charge in [0.15, 0.2) is 0 Å². The van der Waals surface area contributed by atoms with Crippen LogP contribution in [0.2, 0.25) is 0 Å². The molecule has 0 aromatic heterocycles. The standard InChI is InChI=1S/C35H66O4/c1-3-5-7-9-11-13-14-15-16-17-18-19-20-21-23-25-27-29-31-38-33-34(32-36)39-35(37)30-28-26-24-22-12-10-8-6-4-2/h11,13,15-16,34,36H,3-10,12,14,17-33H2,1-2H3/b13-11-,16-15-. The van der Waals surface area contributed by atoms with E-state index in [1.165, 1.54) is 122 Å². The topological polar surface area (TPSA) is 55.8 Å². The Labute approximate surface area is 243 Å². The first-order valence-corrected chi connectivity index (χ1v) is 16.9. The molecule has 4 heteroatoms. The van der Waals surface area contributed by atoms with Gasteiger partial charge in [-0.15, -0.1) is 0 Å². The maximum absolute atomic E-state index is 12.0. The molecule has 1 atom stereocenters. The Balaban J connectivity index is 3.43. The Bertz CT molecular complexity index is 543. The molecule has 0 radical (unpaired) electrons. The number of carbonyl (C=O) groups excluding carboxylic acids is 1. The SMILES string of the molecule is CCCCC/C=C\C/C=C\CCCCCCCCCCOCC(CO)OC(=O)CCCCCCCCCCC. The summed E-state index contributed by atoms with van der Waals surface area (Å²) in [7, 11) is 0. The van der Waals surface area contributed by atoms with Gasteiger partial charge in [-0.2, -0.15) is 0 Å². The number of aliphatic hydroxyl groups excluding tert-OH is 1. The van der Waals surface area contributed by atoms with Crippen LogP contribution < -0.4 is 0 Å². The third-order valence-electron chi connectivity index (χ3n) is 7.28. The van der Waals surface area contributed by atoms with E-state index in [1.54, 1.807) is 0 Å². The molecule has 230 valence electrons. The molecule has 0 fully saturated rings. The van der Waals surface area contributed by atoms with Crippen LogP contribution in [0, 0.1) is 0 Å². The second-order valence-electron chi connectivity index (χ2n) is 11.2. The first kappa shape index (κ1) is 37.9. The Morgan fingerprint density at radius 1 is 0.615 bits per heavy atom. The average molecular weight is 551 g/mol. The number of hydrogen-bond donors (Lipinski definition) is 1. The molecule has 0 saturated carbocycles. The van der Waals surface area contributed by atoms with Crippen molar-refractivity contribution in [3.8, 4) is 0 Å². The van der Waals surface area contributed by atoms with Gasteiger partial charge in [-0.1, -0.05) is 141 Å². The van der Waals surface area contributed by atoms with Crippen molar-refractivity contribution in [2.45, 2.75) is 174 Å². The zero-order valence-corrected chi connectivity index (χ0v) is 26.2. The maximum atomic E-state index is 12.0. The lowest BCUT2D eigenvalue weighted by Gasteiger charge is -2.16. The predicted octanol–water partition coefficient (Wildman–Crippen LogP) is 10.4. The van der Waals surface area contributed by atoms with Gasteiger partial charge in [0.2, 0.25) is 0 Å². The summed E-state index contributed by atoms with van der Waals surface area (Å²) in [4.78, 5) is 12.0. The van der Waals surface area contributed by atoms with Crippen LogP contribution in [0.4, 0.5) is 0 Å². The molecule has 0 amide bonds. The van der Waals surface area contributed by atoms with E-state index in [4.69, 9.17) is 9.47 Å². The Hall–Kier alpha value is -1.13. The minimum Gasteiger partial charge on any atom is -0.457 e. The third-order valence-corrected chi connectivity index (χ3v) is 7.28. The van der Waals surface area contributed by atoms with Crippen molar-refractivity contribution >= 4 is 5.97 Å². The lowest BCUT2D eigenvalue weighted by Crippen LogP contribution is -2.27. The quantitative estimate of drug-likeness (QED) is 0.0530. The van der Waals surface area contributed by atoms with E-state index >= 15 is 0 Å². The molecule has 0 saturated heterocycles. The number of aliphatic hydroxyl groups is 1. The van der Waals surface area contributed by atoms with Crippen LogP contribution in [0.1, 0.15) is 168 Å². The van der Waals surface area contributed by atoms with Crippen molar-refractivity contribution in [2.24, 2.45) is 0 Å². The molecule has 1 N–H and O–H groups in total. The smallest absolute Gasteiger partial charge is 0.306 e. The summed E-state index contributed by atoms with van der Waals surface area (Å²) in [6.45, 7) is 5.29. The van der Waals surface area contributed by atoms with E-state index < -0.39 is 6.10 Å². The molecule has 0 aromatic rings. The van der Waals surface area contributed by atoms with Gasteiger partial charge in [0, 0.05) is 13.0 Å². The molecule has 0 bridgehead atoms. The molecule has 0 spiro atoms. The second-order valence-corrected chi connectivity index (χ2v) is 11.2. The van der Waals surface area contributed by atoms with Gasteiger partial charge in [0.05, 0.1) is 13.2 Å². The highest BCUT2D eigenvalue weighted by atomic mass is 16.6. The molecule has 0 heterocycles. The van der Waals surface area contributed by atoms with Crippen LogP contribution in [0.15, 0.2) is 24.3 Å². The zero-order valence-electron chi connectivity index (χ0n) is 26.2. The summed E-state index contributed by atoms with van der Waals surface area (Å²) in [5.74, 6) is -0.207. The maximum Gasteiger partial charge on any atom is 0.306 e. The molecular weight excluding hydrogens is 484 g/mol. The van der Waals surface area contributed by atoms with Crippen LogP contribution in [0.25, 0.3) is 0 Å². The minimum absolute atomic E-state index is 0.171. The summed E-state index contributed by atoms with van der Waals surface area (Å²) < 4.78 is 11.1. The summed E-state index contributed by atoms with van der Waals surface area (Å²) in [6, 6.07) is 0. The normalized spacial score (nSPS) is 12.6. The molecule has 0 aromatic carbocycles. The molecule has 0 aliphatic rings. The fourth-order valence-corrected chi connectivity index (χ4v) is 4.71. The Morgan fingerprint density at radius 3 is 1.64 bits per heavy atom. The minimum atomic E-state index is -0.530. The van der Waals surface area contributed by atoms with E-state index in [1.807, 2.05) is 0 Å². The first-order chi connectivity index (χ1) is 19.2. The predicted molar refractivity (Wildman–Crippen MR) is 168 cm³/mol. The summed E-state index contributed by atoms with van der Waals surface area (Å²) in [5.41, 5.74) is 0. The molecule has 0 aliphatic carbocycles. The van der Waals surface area contributed by atoms with Gasteiger partial charge >= 0.3 is 5.97 Å². The number of esters is 1. The number of ether oxygens (including phenoxy) is 2. The summed E-state index contributed by atoms with van der Waals surface area (Å²) >= 11 is 0. The second kappa shape index (κ2) is 33.1. The van der Waals surface area contributed by atoms with Crippen LogP contribution in [0.3, 0.4) is 0 Å². The lowest BCUT2D eigenvalue weighted by atomic mass is 10.1. The zero-order chi connectivity index (χ0) is 28.5. The molecule has 0 rings (SSSR count). The highest BCUT2D eigenvalue weighted by molar-refractivity contribution is 5.69. The van der Waals surface area contributed by atoms with E-state index in [2.05, 4.69) is 38.2 Å². The number of rotatable bonds is 31. The van der Waals surface area contributed by atoms with Crippen molar-refractivity contribution in [2.75, 3.05) is 19.8 Å². The molecule has 1 unspecified atom stereocenters. The van der Waals surface area contributed by atoms with Crippen molar-refractivity contribution in [1.82, 2.24) is 0 Å². The highest BCUT2D eigenvalue weighted by Gasteiger charge is 2.13. The van der Waals surface area contributed by atoms with Crippen molar-refractivity contribution in [3.63, 3.8) is 0 Å². The van der Waals surface area contributed by atoms with Gasteiger partial charge in [-0.25, -0.2) is 0 Å². The first-order valence-electron chi connectivity index (χ1n) is 16.9. The van der Waals surface area contributed by atoms with Crippen molar-refractivity contribution in [1.29, 1.82) is 0 Å². The van der Waals surface area contributed by atoms with Gasteiger partial charge in [-0.05, 0) is 44.9 Å². The summed E-state index contributed by atoms with van der Waals surface area (Å²) in [5, 5.41) is 9.50. The van der Waals surface area contributed by atoms with E-state index in [9.17, 15) is 9.90 Å². The van der Waals surface area contributed by atoms with Gasteiger partial charge in [-0.3, -0.25) is 4.79 Å². The Morgan fingerprint density at radius 2 is 1.08 bits per heavy atom. The monoisotopic (exact) mass is 550 g/mol. The number of allylic oxidation sites excluding steroid dienone is 4. The number of unbranched alkanes of at least 4 members (excludes halogenated alkanes) is 19. The van der Waals surface area contributed by atoms with E-state index in [0.717, 1.165) is 25.7 Å². The molecule has 0 aliphatic heterocycles.